The minimum Gasteiger partial charge on any atom is -0.449 e. The van der Waals surface area contributed by atoms with Gasteiger partial charge in [-0.15, -0.1) is 17.8 Å². The molecule has 102 valence electrons. The van der Waals surface area contributed by atoms with Gasteiger partial charge in [-0.2, -0.15) is 0 Å². The summed E-state index contributed by atoms with van der Waals surface area (Å²) in [5.74, 6) is 1.81. The van der Waals surface area contributed by atoms with Gasteiger partial charge in [0.15, 0.2) is 6.61 Å². The van der Waals surface area contributed by atoms with Crippen LogP contribution in [0.25, 0.3) is 11.1 Å². The van der Waals surface area contributed by atoms with Crippen molar-refractivity contribution < 1.29 is 9.53 Å². The summed E-state index contributed by atoms with van der Waals surface area (Å²) in [6.45, 7) is 3.90. The first-order valence-electron chi connectivity index (χ1n) is 6.11. The summed E-state index contributed by atoms with van der Waals surface area (Å²) in [5.41, 5.74) is 9.30. The molecule has 0 atom stereocenters. The van der Waals surface area contributed by atoms with Crippen molar-refractivity contribution in [1.29, 1.82) is 0 Å². The lowest BCUT2D eigenvalue weighted by Gasteiger charge is -2.07. The summed E-state index contributed by atoms with van der Waals surface area (Å²) in [6.07, 6.45) is 5.11. The second-order valence-electron chi connectivity index (χ2n) is 4.42. The van der Waals surface area contributed by atoms with Crippen LogP contribution in [-0.4, -0.2) is 12.6 Å². The fourth-order valence-corrected chi connectivity index (χ4v) is 2.96. The number of ether oxygens (including phenoxy) is 1. The van der Waals surface area contributed by atoms with Gasteiger partial charge in [0.25, 0.3) is 0 Å². The number of benzene rings is 1. The van der Waals surface area contributed by atoms with Crippen molar-refractivity contribution in [1.82, 2.24) is 0 Å². The molecule has 1 aromatic heterocycles. The molecule has 1 heterocycles. The standard InChI is InChI=1S/C16H15NO2S/c1-4-9-19-16(18)14-13(11(3)20-15(14)17)12-7-5-10(2)6-8-12/h1,5-8H,9,17H2,2-3H3. The number of carbonyl (C=O) groups is 1. The molecule has 0 aliphatic rings. The molecule has 2 N–H and O–H groups in total. The van der Waals surface area contributed by atoms with Gasteiger partial charge in [-0.05, 0) is 19.4 Å². The van der Waals surface area contributed by atoms with E-state index in [1.165, 1.54) is 11.3 Å². The number of nitrogen functional groups attached to an aromatic ring is 1. The predicted octanol–water partition coefficient (Wildman–Crippen LogP) is 3.40. The number of aryl methyl sites for hydroxylation is 2. The quantitative estimate of drug-likeness (QED) is 0.694. The van der Waals surface area contributed by atoms with Crippen molar-refractivity contribution in [3.8, 4) is 23.5 Å². The molecule has 0 unspecified atom stereocenters. The van der Waals surface area contributed by atoms with Crippen molar-refractivity contribution in [2.75, 3.05) is 12.3 Å². The molecule has 20 heavy (non-hydrogen) atoms. The highest BCUT2D eigenvalue weighted by Gasteiger charge is 2.22. The molecule has 1 aromatic carbocycles. The fourth-order valence-electron chi connectivity index (χ4n) is 2.02. The Morgan fingerprint density at radius 3 is 2.60 bits per heavy atom. The summed E-state index contributed by atoms with van der Waals surface area (Å²) in [7, 11) is 0. The lowest BCUT2D eigenvalue weighted by atomic mass is 10.0. The van der Waals surface area contributed by atoms with Crippen LogP contribution in [0.5, 0.6) is 0 Å². The van der Waals surface area contributed by atoms with Crippen LogP contribution in [0.1, 0.15) is 20.8 Å². The first-order valence-corrected chi connectivity index (χ1v) is 6.92. The summed E-state index contributed by atoms with van der Waals surface area (Å²) >= 11 is 1.38. The molecular weight excluding hydrogens is 270 g/mol. The van der Waals surface area contributed by atoms with E-state index >= 15 is 0 Å². The van der Waals surface area contributed by atoms with E-state index < -0.39 is 5.97 Å². The minimum absolute atomic E-state index is 0.0551. The van der Waals surface area contributed by atoms with Crippen LogP contribution in [0.3, 0.4) is 0 Å². The van der Waals surface area contributed by atoms with Crippen molar-refractivity contribution in [3.05, 3.63) is 40.3 Å². The summed E-state index contributed by atoms with van der Waals surface area (Å²) in [5, 5.41) is 0.458. The summed E-state index contributed by atoms with van der Waals surface area (Å²) in [6, 6.07) is 7.95. The molecule has 2 rings (SSSR count). The first kappa shape index (κ1) is 14.2. The minimum atomic E-state index is -0.472. The van der Waals surface area contributed by atoms with E-state index in [-0.39, 0.29) is 6.61 Å². The number of hydrogen-bond acceptors (Lipinski definition) is 4. The van der Waals surface area contributed by atoms with Crippen LogP contribution >= 0.6 is 11.3 Å². The normalized spacial score (nSPS) is 10.1. The van der Waals surface area contributed by atoms with Gasteiger partial charge >= 0.3 is 5.97 Å². The maximum Gasteiger partial charge on any atom is 0.342 e. The molecule has 4 heteroatoms. The zero-order valence-corrected chi connectivity index (χ0v) is 12.2. The van der Waals surface area contributed by atoms with Crippen LogP contribution < -0.4 is 5.73 Å². The Kier molecular flexibility index (Phi) is 4.11. The number of hydrogen-bond donors (Lipinski definition) is 1. The number of thiophene rings is 1. The monoisotopic (exact) mass is 285 g/mol. The average molecular weight is 285 g/mol. The molecule has 0 spiro atoms. The maximum absolute atomic E-state index is 12.1. The summed E-state index contributed by atoms with van der Waals surface area (Å²) in [4.78, 5) is 13.1. The molecule has 0 saturated carbocycles. The van der Waals surface area contributed by atoms with Gasteiger partial charge in [0.1, 0.15) is 10.6 Å². The zero-order valence-electron chi connectivity index (χ0n) is 11.4. The number of carbonyl (C=O) groups excluding carboxylic acids is 1. The van der Waals surface area contributed by atoms with E-state index in [1.807, 2.05) is 38.1 Å². The molecule has 2 aromatic rings. The van der Waals surface area contributed by atoms with Crippen molar-refractivity contribution in [3.63, 3.8) is 0 Å². The van der Waals surface area contributed by atoms with Gasteiger partial charge in [-0.3, -0.25) is 0 Å². The van der Waals surface area contributed by atoms with Gasteiger partial charge in [-0.25, -0.2) is 4.79 Å². The molecular formula is C16H15NO2S. The molecule has 0 radical (unpaired) electrons. The van der Waals surface area contributed by atoms with Gasteiger partial charge in [0, 0.05) is 10.4 Å². The topological polar surface area (TPSA) is 52.3 Å². The number of esters is 1. The zero-order chi connectivity index (χ0) is 14.7. The van der Waals surface area contributed by atoms with E-state index in [0.29, 0.717) is 10.6 Å². The third kappa shape index (κ3) is 2.68. The van der Waals surface area contributed by atoms with Crippen molar-refractivity contribution in [2.45, 2.75) is 13.8 Å². The van der Waals surface area contributed by atoms with Gasteiger partial charge in [0.05, 0.1) is 0 Å². The van der Waals surface area contributed by atoms with Crippen molar-refractivity contribution in [2.24, 2.45) is 0 Å². The highest BCUT2D eigenvalue weighted by Crippen LogP contribution is 2.38. The third-order valence-corrected chi connectivity index (χ3v) is 3.88. The van der Waals surface area contributed by atoms with Gasteiger partial charge in [0.2, 0.25) is 0 Å². The van der Waals surface area contributed by atoms with Gasteiger partial charge in [-0.1, -0.05) is 35.7 Å². The molecule has 0 amide bonds. The molecule has 0 aliphatic heterocycles. The smallest absolute Gasteiger partial charge is 0.342 e. The Hall–Kier alpha value is -2.25. The molecule has 0 fully saturated rings. The van der Waals surface area contributed by atoms with Crippen LogP contribution in [0.2, 0.25) is 0 Å². The van der Waals surface area contributed by atoms with Crippen LogP contribution in [0, 0.1) is 26.2 Å². The second-order valence-corrected chi connectivity index (χ2v) is 5.68. The number of nitrogens with two attached hydrogens (primary N) is 1. The summed E-state index contributed by atoms with van der Waals surface area (Å²) < 4.78 is 5.01. The average Bonchev–Trinajstić information content (AvgIpc) is 2.72. The van der Waals surface area contributed by atoms with E-state index in [4.69, 9.17) is 16.9 Å². The number of rotatable bonds is 3. The largest absolute Gasteiger partial charge is 0.449 e. The lowest BCUT2D eigenvalue weighted by molar-refractivity contribution is 0.0559. The molecule has 0 aliphatic carbocycles. The Morgan fingerprint density at radius 2 is 2.00 bits per heavy atom. The van der Waals surface area contributed by atoms with Crippen LogP contribution in [0.4, 0.5) is 5.00 Å². The van der Waals surface area contributed by atoms with E-state index in [2.05, 4.69) is 5.92 Å². The fraction of sp³-hybridized carbons (Fsp3) is 0.188. The molecule has 0 saturated heterocycles. The third-order valence-electron chi connectivity index (χ3n) is 2.94. The maximum atomic E-state index is 12.1. The van der Waals surface area contributed by atoms with Gasteiger partial charge < -0.3 is 10.5 Å². The number of anilines is 1. The van der Waals surface area contributed by atoms with E-state index in [9.17, 15) is 4.79 Å². The predicted molar refractivity (Wildman–Crippen MR) is 82.8 cm³/mol. The molecule has 0 bridgehead atoms. The Morgan fingerprint density at radius 1 is 1.35 bits per heavy atom. The number of terminal acetylenes is 1. The lowest BCUT2D eigenvalue weighted by Crippen LogP contribution is -2.08. The Bertz CT molecular complexity index is 678. The van der Waals surface area contributed by atoms with E-state index in [0.717, 1.165) is 21.6 Å². The van der Waals surface area contributed by atoms with Crippen molar-refractivity contribution >= 4 is 22.3 Å². The SMILES string of the molecule is C#CCOC(=O)c1c(N)sc(C)c1-c1ccc(C)cc1. The van der Waals surface area contributed by atoms with Crippen LogP contribution in [-0.2, 0) is 4.74 Å². The second kappa shape index (κ2) is 5.81. The first-order chi connectivity index (χ1) is 9.54. The Balaban J connectivity index is 2.50. The Labute approximate surface area is 122 Å². The molecule has 3 nitrogen and oxygen atoms in total. The highest BCUT2D eigenvalue weighted by molar-refractivity contribution is 7.16. The highest BCUT2D eigenvalue weighted by atomic mass is 32.1. The van der Waals surface area contributed by atoms with E-state index in [1.54, 1.807) is 0 Å². The van der Waals surface area contributed by atoms with Crippen LogP contribution in [0.15, 0.2) is 24.3 Å².